The molecule has 0 spiro atoms. The van der Waals surface area contributed by atoms with Gasteiger partial charge in [0.05, 0.1) is 18.9 Å². The zero-order valence-corrected chi connectivity index (χ0v) is 16.0. The molecule has 0 bridgehead atoms. The van der Waals surface area contributed by atoms with Crippen molar-refractivity contribution in [3.63, 3.8) is 0 Å². The van der Waals surface area contributed by atoms with Gasteiger partial charge in [-0.3, -0.25) is 14.9 Å². The van der Waals surface area contributed by atoms with Crippen LogP contribution in [0.1, 0.15) is 18.2 Å². The molecule has 0 saturated carbocycles. The number of benzene rings is 1. The number of anilines is 2. The number of furan rings is 1. The highest BCUT2D eigenvalue weighted by Gasteiger charge is 2.37. The molecule has 3 heterocycles. The Bertz CT molecular complexity index is 970. The molecule has 2 aliphatic heterocycles. The summed E-state index contributed by atoms with van der Waals surface area (Å²) in [5.41, 5.74) is 1.32. The zero-order chi connectivity index (χ0) is 20.4. The second kappa shape index (κ2) is 7.92. The van der Waals surface area contributed by atoms with Crippen molar-refractivity contribution in [2.75, 3.05) is 36.1 Å². The van der Waals surface area contributed by atoms with E-state index in [2.05, 4.69) is 5.32 Å². The highest BCUT2D eigenvalue weighted by atomic mass is 16.5. The zero-order valence-electron chi connectivity index (χ0n) is 16.0. The molecule has 0 aliphatic carbocycles. The second-order valence-corrected chi connectivity index (χ2v) is 6.75. The van der Waals surface area contributed by atoms with Gasteiger partial charge in [-0.1, -0.05) is 19.1 Å². The number of rotatable bonds is 4. The molecule has 8 heteroatoms. The van der Waals surface area contributed by atoms with Gasteiger partial charge in [0.15, 0.2) is 5.88 Å². The minimum Gasteiger partial charge on any atom is -0.441 e. The molecular formula is C21H21N3O5. The van der Waals surface area contributed by atoms with Crippen molar-refractivity contribution in [1.29, 1.82) is 0 Å². The lowest BCUT2D eigenvalue weighted by molar-refractivity contribution is -0.122. The van der Waals surface area contributed by atoms with E-state index in [0.717, 1.165) is 16.9 Å². The summed E-state index contributed by atoms with van der Waals surface area (Å²) in [7, 11) is 0. The Kier molecular flexibility index (Phi) is 5.18. The Morgan fingerprint density at radius 1 is 1.03 bits per heavy atom. The van der Waals surface area contributed by atoms with E-state index >= 15 is 0 Å². The number of aryl methyl sites for hydroxylation is 1. The first-order valence-electron chi connectivity index (χ1n) is 9.49. The molecule has 8 nitrogen and oxygen atoms in total. The Hall–Kier alpha value is -3.39. The summed E-state index contributed by atoms with van der Waals surface area (Å²) in [4.78, 5) is 40.5. The quantitative estimate of drug-likeness (QED) is 0.631. The van der Waals surface area contributed by atoms with Gasteiger partial charge in [0.1, 0.15) is 11.3 Å². The fourth-order valence-electron chi connectivity index (χ4n) is 3.29. The predicted molar refractivity (Wildman–Crippen MR) is 107 cm³/mol. The molecule has 0 atom stereocenters. The van der Waals surface area contributed by atoms with Crippen molar-refractivity contribution in [1.82, 2.24) is 5.32 Å². The highest BCUT2D eigenvalue weighted by molar-refractivity contribution is 6.39. The van der Waals surface area contributed by atoms with Crippen LogP contribution in [0.25, 0.3) is 6.08 Å². The molecule has 150 valence electrons. The molecule has 2 fully saturated rings. The number of nitrogens with zero attached hydrogens (tertiary/aromatic N) is 2. The maximum absolute atomic E-state index is 12.9. The van der Waals surface area contributed by atoms with E-state index in [4.69, 9.17) is 9.15 Å². The minimum absolute atomic E-state index is 0.160. The third-order valence-electron chi connectivity index (χ3n) is 4.93. The van der Waals surface area contributed by atoms with Gasteiger partial charge in [-0.05, 0) is 36.3 Å². The molecule has 4 amide bonds. The molecule has 2 aliphatic rings. The fraction of sp³-hybridized carbons (Fsp3) is 0.286. The molecule has 1 aromatic heterocycles. The van der Waals surface area contributed by atoms with Crippen LogP contribution >= 0.6 is 0 Å². The number of barbiturate groups is 1. The maximum atomic E-state index is 12.9. The number of imide groups is 2. The molecule has 2 saturated heterocycles. The Balaban J connectivity index is 1.60. The number of carbonyl (C=O) groups excluding carboxylic acids is 3. The van der Waals surface area contributed by atoms with Crippen molar-refractivity contribution < 1.29 is 23.5 Å². The molecular weight excluding hydrogens is 374 g/mol. The third-order valence-corrected chi connectivity index (χ3v) is 4.93. The molecule has 4 rings (SSSR count). The first-order valence-corrected chi connectivity index (χ1v) is 9.49. The minimum atomic E-state index is -0.769. The van der Waals surface area contributed by atoms with E-state index in [1.54, 1.807) is 24.3 Å². The summed E-state index contributed by atoms with van der Waals surface area (Å²) in [6.07, 6.45) is 2.20. The van der Waals surface area contributed by atoms with Crippen molar-refractivity contribution in [2.45, 2.75) is 13.3 Å². The van der Waals surface area contributed by atoms with Crippen LogP contribution in [0.15, 0.2) is 46.4 Å². The van der Waals surface area contributed by atoms with E-state index in [9.17, 15) is 14.4 Å². The topological polar surface area (TPSA) is 92.1 Å². The van der Waals surface area contributed by atoms with Crippen LogP contribution in [-0.4, -0.2) is 44.1 Å². The fourth-order valence-corrected chi connectivity index (χ4v) is 3.29. The number of amides is 4. The summed E-state index contributed by atoms with van der Waals surface area (Å²) in [5, 5.41) is 2.22. The van der Waals surface area contributed by atoms with E-state index in [0.29, 0.717) is 43.6 Å². The van der Waals surface area contributed by atoms with Crippen molar-refractivity contribution in [3.05, 3.63) is 53.3 Å². The Morgan fingerprint density at radius 2 is 1.76 bits per heavy atom. The lowest BCUT2D eigenvalue weighted by Crippen LogP contribution is -2.54. The number of nitrogens with one attached hydrogen (secondary N) is 1. The summed E-state index contributed by atoms with van der Waals surface area (Å²) < 4.78 is 11.1. The van der Waals surface area contributed by atoms with Gasteiger partial charge in [0, 0.05) is 19.2 Å². The van der Waals surface area contributed by atoms with Crippen molar-refractivity contribution in [3.8, 4) is 0 Å². The predicted octanol–water partition coefficient (Wildman–Crippen LogP) is 2.35. The molecule has 0 unspecified atom stereocenters. The van der Waals surface area contributed by atoms with Crippen LogP contribution in [0.5, 0.6) is 0 Å². The average molecular weight is 395 g/mol. The molecule has 29 heavy (non-hydrogen) atoms. The molecule has 1 N–H and O–H groups in total. The molecule has 2 aromatic rings. The van der Waals surface area contributed by atoms with Crippen LogP contribution in [0.4, 0.5) is 16.4 Å². The monoisotopic (exact) mass is 395 g/mol. The summed E-state index contributed by atoms with van der Waals surface area (Å²) in [5.74, 6) is -0.425. The van der Waals surface area contributed by atoms with Crippen LogP contribution < -0.4 is 15.1 Å². The number of carbonyl (C=O) groups is 3. The summed E-state index contributed by atoms with van der Waals surface area (Å²) in [6, 6.07) is 9.77. The van der Waals surface area contributed by atoms with Crippen LogP contribution in [0.3, 0.4) is 0 Å². The van der Waals surface area contributed by atoms with Crippen LogP contribution in [0.2, 0.25) is 0 Å². The van der Waals surface area contributed by atoms with E-state index in [1.807, 2.05) is 24.0 Å². The van der Waals surface area contributed by atoms with Gasteiger partial charge in [-0.2, -0.15) is 0 Å². The second-order valence-electron chi connectivity index (χ2n) is 6.75. The summed E-state index contributed by atoms with van der Waals surface area (Å²) in [6.45, 7) is 4.66. The van der Waals surface area contributed by atoms with Gasteiger partial charge < -0.3 is 14.1 Å². The number of urea groups is 1. The standard InChI is InChI=1S/C21H21N3O5/c1-2-14-3-5-15(6-4-14)24-20(26)17(19(25)22-21(24)27)13-16-7-8-18(29-16)23-9-11-28-12-10-23/h3-8,13H,2,9-12H2,1H3,(H,22,25,27). The van der Waals surface area contributed by atoms with E-state index in [1.165, 1.54) is 6.08 Å². The number of ether oxygens (including phenoxy) is 1. The maximum Gasteiger partial charge on any atom is 0.335 e. The van der Waals surface area contributed by atoms with Crippen LogP contribution in [-0.2, 0) is 20.7 Å². The van der Waals surface area contributed by atoms with E-state index < -0.39 is 17.8 Å². The largest absolute Gasteiger partial charge is 0.441 e. The normalized spacial score (nSPS) is 19.1. The van der Waals surface area contributed by atoms with Gasteiger partial charge in [0.25, 0.3) is 11.8 Å². The van der Waals surface area contributed by atoms with Crippen LogP contribution in [0, 0.1) is 0 Å². The number of morpholine rings is 1. The first kappa shape index (κ1) is 18.9. The van der Waals surface area contributed by atoms with E-state index in [-0.39, 0.29) is 5.57 Å². The summed E-state index contributed by atoms with van der Waals surface area (Å²) >= 11 is 0. The molecule has 1 aromatic carbocycles. The lowest BCUT2D eigenvalue weighted by Gasteiger charge is -2.26. The highest BCUT2D eigenvalue weighted by Crippen LogP contribution is 2.25. The van der Waals surface area contributed by atoms with Crippen molar-refractivity contribution >= 4 is 35.5 Å². The van der Waals surface area contributed by atoms with Gasteiger partial charge in [0.2, 0.25) is 0 Å². The Morgan fingerprint density at radius 3 is 2.45 bits per heavy atom. The number of hydrogen-bond acceptors (Lipinski definition) is 6. The van der Waals surface area contributed by atoms with Gasteiger partial charge in [-0.25, -0.2) is 9.69 Å². The Labute approximate surface area is 167 Å². The smallest absolute Gasteiger partial charge is 0.335 e. The SMILES string of the molecule is CCc1ccc(N2C(=O)NC(=O)C(=Cc3ccc(N4CCOCC4)o3)C2=O)cc1. The third kappa shape index (κ3) is 3.79. The first-order chi connectivity index (χ1) is 14.1. The molecule has 0 radical (unpaired) electrons. The lowest BCUT2D eigenvalue weighted by atomic mass is 10.1. The number of hydrogen-bond donors (Lipinski definition) is 1. The van der Waals surface area contributed by atoms with Gasteiger partial charge >= 0.3 is 6.03 Å². The average Bonchev–Trinajstić information content (AvgIpc) is 3.21. The van der Waals surface area contributed by atoms with Crippen molar-refractivity contribution in [2.24, 2.45) is 0 Å². The van der Waals surface area contributed by atoms with Gasteiger partial charge in [-0.15, -0.1) is 0 Å².